The van der Waals surface area contributed by atoms with Crippen LogP contribution in [0.15, 0.2) is 77.7 Å². The molecule has 0 saturated carbocycles. The van der Waals surface area contributed by atoms with Gasteiger partial charge in [-0.2, -0.15) is 0 Å². The second kappa shape index (κ2) is 12.8. The monoisotopic (exact) mass is 494 g/mol. The number of thioether (sulfide) groups is 1. The van der Waals surface area contributed by atoms with E-state index in [9.17, 15) is 0 Å². The molecule has 0 aliphatic carbocycles. The lowest BCUT2D eigenvalue weighted by Gasteiger charge is -2.23. The molecule has 0 amide bonds. The lowest BCUT2D eigenvalue weighted by Crippen LogP contribution is -2.15. The Morgan fingerprint density at radius 1 is 0.943 bits per heavy atom. The first-order chi connectivity index (χ1) is 16.8. The fourth-order valence-electron chi connectivity index (χ4n) is 3.66. The zero-order valence-electron chi connectivity index (χ0n) is 19.8. The summed E-state index contributed by atoms with van der Waals surface area (Å²) < 4.78 is 5.88. The Morgan fingerprint density at radius 3 is 2.23 bits per heavy atom. The summed E-state index contributed by atoms with van der Waals surface area (Å²) in [5.74, 6) is -1.72. The number of fused-ring (bicyclic) bond motifs is 2. The van der Waals surface area contributed by atoms with Crippen LogP contribution in [0.4, 0.5) is 5.69 Å². The number of carboxylic acids is 2. The summed E-state index contributed by atoms with van der Waals surface area (Å²) in [5.41, 5.74) is 5.19. The second-order valence-corrected chi connectivity index (χ2v) is 9.26. The molecule has 7 nitrogen and oxygen atoms in total. The number of nitrogens with one attached hydrogen (secondary N) is 1. The quantitative estimate of drug-likeness (QED) is 0.312. The van der Waals surface area contributed by atoms with E-state index < -0.39 is 11.9 Å². The van der Waals surface area contributed by atoms with Crippen LogP contribution in [0.5, 0.6) is 5.75 Å². The van der Waals surface area contributed by atoms with Crippen molar-refractivity contribution in [3.05, 3.63) is 89.5 Å². The average molecular weight is 495 g/mol. The van der Waals surface area contributed by atoms with Gasteiger partial charge in [-0.3, -0.25) is 0 Å². The predicted octanol–water partition coefficient (Wildman–Crippen LogP) is 4.98. The summed E-state index contributed by atoms with van der Waals surface area (Å²) in [4.78, 5) is 21.7. The van der Waals surface area contributed by atoms with Crippen molar-refractivity contribution in [2.45, 2.75) is 23.1 Å². The number of rotatable bonds is 7. The molecule has 184 valence electrons. The van der Waals surface area contributed by atoms with Gasteiger partial charge in [-0.15, -0.1) is 11.8 Å². The molecular formula is C27H30N2O5S. The van der Waals surface area contributed by atoms with Gasteiger partial charge in [0.15, 0.2) is 0 Å². The normalized spacial score (nSPS) is 14.0. The number of nitrogens with zero attached hydrogens (tertiary/aromatic N) is 1. The number of ether oxygens (including phenoxy) is 1. The Hall–Kier alpha value is -3.49. The van der Waals surface area contributed by atoms with E-state index in [1.165, 1.54) is 21.6 Å². The summed E-state index contributed by atoms with van der Waals surface area (Å²) in [5, 5.41) is 18.5. The summed E-state index contributed by atoms with van der Waals surface area (Å²) >= 11 is 1.92. The molecule has 0 fully saturated rings. The molecule has 0 spiro atoms. The largest absolute Gasteiger partial charge is 0.494 e. The van der Waals surface area contributed by atoms with Gasteiger partial charge in [-0.1, -0.05) is 42.5 Å². The van der Waals surface area contributed by atoms with E-state index in [0.29, 0.717) is 0 Å². The van der Waals surface area contributed by atoms with Crippen LogP contribution in [0, 0.1) is 0 Å². The molecule has 1 unspecified atom stereocenters. The Labute approximate surface area is 209 Å². The smallest absolute Gasteiger partial charge is 0.414 e. The maximum atomic E-state index is 9.10. The summed E-state index contributed by atoms with van der Waals surface area (Å²) in [6, 6.07) is 26.0. The van der Waals surface area contributed by atoms with E-state index in [1.807, 2.05) is 11.8 Å². The molecule has 1 heterocycles. The van der Waals surface area contributed by atoms with E-state index in [4.69, 9.17) is 24.5 Å². The maximum absolute atomic E-state index is 9.10. The molecule has 3 N–H and O–H groups in total. The van der Waals surface area contributed by atoms with Crippen molar-refractivity contribution < 1.29 is 24.5 Å². The number of anilines is 1. The van der Waals surface area contributed by atoms with Gasteiger partial charge in [-0.25, -0.2) is 9.59 Å². The van der Waals surface area contributed by atoms with Crippen LogP contribution in [0.25, 0.3) is 0 Å². The molecule has 0 bridgehead atoms. The van der Waals surface area contributed by atoms with E-state index in [0.717, 1.165) is 36.8 Å². The summed E-state index contributed by atoms with van der Waals surface area (Å²) in [6.45, 7) is 1.78. The summed E-state index contributed by atoms with van der Waals surface area (Å²) in [7, 11) is 4.17. The summed E-state index contributed by atoms with van der Waals surface area (Å²) in [6.07, 6.45) is 1.03. The third-order valence-corrected chi connectivity index (χ3v) is 6.48. The minimum Gasteiger partial charge on any atom is -0.494 e. The van der Waals surface area contributed by atoms with Crippen molar-refractivity contribution in [3.8, 4) is 5.75 Å². The number of aliphatic carboxylic acids is 2. The SMILES string of the molecule is CN(C)CCCOc1ccc(NC2c3ccccc3CSc3ccccc32)cc1.O=C(O)C(=O)O. The molecule has 0 saturated heterocycles. The predicted molar refractivity (Wildman–Crippen MR) is 138 cm³/mol. The van der Waals surface area contributed by atoms with Gasteiger partial charge in [0.2, 0.25) is 0 Å². The van der Waals surface area contributed by atoms with Gasteiger partial charge in [-0.05, 0) is 67.5 Å². The first-order valence-electron chi connectivity index (χ1n) is 11.2. The average Bonchev–Trinajstić information content (AvgIpc) is 3.00. The Morgan fingerprint density at radius 2 is 1.57 bits per heavy atom. The first kappa shape index (κ1) is 26.1. The second-order valence-electron chi connectivity index (χ2n) is 8.24. The zero-order valence-corrected chi connectivity index (χ0v) is 20.6. The van der Waals surface area contributed by atoms with Crippen LogP contribution >= 0.6 is 11.8 Å². The molecule has 1 aliphatic rings. The molecule has 35 heavy (non-hydrogen) atoms. The first-order valence-corrected chi connectivity index (χ1v) is 12.2. The lowest BCUT2D eigenvalue weighted by atomic mass is 9.95. The van der Waals surface area contributed by atoms with E-state index >= 15 is 0 Å². The van der Waals surface area contributed by atoms with Crippen LogP contribution < -0.4 is 10.1 Å². The van der Waals surface area contributed by atoms with E-state index in [1.54, 1.807) is 0 Å². The van der Waals surface area contributed by atoms with Crippen molar-refractivity contribution in [2.75, 3.05) is 32.6 Å². The van der Waals surface area contributed by atoms with Crippen molar-refractivity contribution >= 4 is 29.4 Å². The van der Waals surface area contributed by atoms with Crippen LogP contribution in [-0.4, -0.2) is 54.3 Å². The Kier molecular flexibility index (Phi) is 9.57. The topological polar surface area (TPSA) is 99.1 Å². The molecule has 1 atom stereocenters. The standard InChI is InChI=1S/C25H28N2OS.C2H2O4/c1-27(2)16-7-17-28-21-14-12-20(13-15-21)26-25-22-9-4-3-8-19(22)18-29-24-11-6-5-10-23(24)25;3-1(4)2(5)6/h3-6,8-15,25-26H,7,16-18H2,1-2H3;(H,3,4)(H,5,6). The van der Waals surface area contributed by atoms with E-state index in [-0.39, 0.29) is 6.04 Å². The van der Waals surface area contributed by atoms with Gasteiger partial charge >= 0.3 is 11.9 Å². The Balaban J connectivity index is 0.000000509. The highest BCUT2D eigenvalue weighted by Gasteiger charge is 2.23. The highest BCUT2D eigenvalue weighted by molar-refractivity contribution is 7.98. The van der Waals surface area contributed by atoms with Gasteiger partial charge in [0, 0.05) is 22.9 Å². The lowest BCUT2D eigenvalue weighted by molar-refractivity contribution is -0.159. The van der Waals surface area contributed by atoms with Gasteiger partial charge in [0.05, 0.1) is 12.6 Å². The highest BCUT2D eigenvalue weighted by Crippen LogP contribution is 2.40. The fraction of sp³-hybridized carbons (Fsp3) is 0.259. The Bertz CT molecular complexity index is 1070. The highest BCUT2D eigenvalue weighted by atomic mass is 32.2. The van der Waals surface area contributed by atoms with Crippen LogP contribution in [0.3, 0.4) is 0 Å². The molecule has 3 aromatic carbocycles. The number of hydrogen-bond donors (Lipinski definition) is 3. The number of carboxylic acid groups (broad SMARTS) is 2. The number of hydrogen-bond acceptors (Lipinski definition) is 6. The maximum Gasteiger partial charge on any atom is 0.414 e. The molecule has 3 aromatic rings. The van der Waals surface area contributed by atoms with Crippen LogP contribution in [0.2, 0.25) is 0 Å². The molecule has 0 radical (unpaired) electrons. The van der Waals surface area contributed by atoms with Crippen molar-refractivity contribution in [1.82, 2.24) is 4.90 Å². The van der Waals surface area contributed by atoms with Gasteiger partial charge in [0.1, 0.15) is 5.75 Å². The third kappa shape index (κ3) is 7.77. The zero-order chi connectivity index (χ0) is 25.2. The molecule has 4 rings (SSSR count). The molecule has 8 heteroatoms. The van der Waals surface area contributed by atoms with Crippen LogP contribution in [0.1, 0.15) is 29.2 Å². The molecular weight excluding hydrogens is 464 g/mol. The van der Waals surface area contributed by atoms with E-state index in [2.05, 4.69) is 97.1 Å². The fourth-order valence-corrected chi connectivity index (χ4v) is 4.76. The minimum absolute atomic E-state index is 0.143. The third-order valence-electron chi connectivity index (χ3n) is 5.35. The number of benzene rings is 3. The van der Waals surface area contributed by atoms with Crippen LogP contribution in [-0.2, 0) is 15.3 Å². The molecule has 0 aromatic heterocycles. The van der Waals surface area contributed by atoms with Gasteiger partial charge < -0.3 is 25.2 Å². The van der Waals surface area contributed by atoms with Gasteiger partial charge in [0.25, 0.3) is 0 Å². The van der Waals surface area contributed by atoms with Crippen molar-refractivity contribution in [1.29, 1.82) is 0 Å². The van der Waals surface area contributed by atoms with Crippen molar-refractivity contribution in [2.24, 2.45) is 0 Å². The molecule has 1 aliphatic heterocycles. The van der Waals surface area contributed by atoms with Crippen molar-refractivity contribution in [3.63, 3.8) is 0 Å². The number of carbonyl (C=O) groups is 2. The minimum atomic E-state index is -1.82.